The molecule has 0 aliphatic heterocycles. The van der Waals surface area contributed by atoms with Gasteiger partial charge in [-0.15, -0.1) is 0 Å². The van der Waals surface area contributed by atoms with Crippen LogP contribution >= 0.6 is 0 Å². The molecule has 1 amide bonds. The van der Waals surface area contributed by atoms with Crippen molar-refractivity contribution in [1.82, 2.24) is 5.32 Å². The highest BCUT2D eigenvalue weighted by atomic mass is 16.6. The first kappa shape index (κ1) is 13.9. The van der Waals surface area contributed by atoms with E-state index in [1.807, 2.05) is 45.0 Å². The third-order valence-corrected chi connectivity index (χ3v) is 3.05. The van der Waals surface area contributed by atoms with Crippen molar-refractivity contribution >= 4 is 6.09 Å². The Balaban J connectivity index is 1.88. The van der Waals surface area contributed by atoms with Gasteiger partial charge in [-0.25, -0.2) is 4.79 Å². The lowest BCUT2D eigenvalue weighted by Crippen LogP contribution is -2.34. The lowest BCUT2D eigenvalue weighted by molar-refractivity contribution is 0.0523. The standard InChI is InChI=1S/C15H21NO3/c1-15(2,3)19-14(18)16-13-8-12(13)11-6-4-5-10(7-11)9-17/h4-7,12-13,17H,8-9H2,1-3H3,(H,16,18)/t12-,13+/m1/s1. The SMILES string of the molecule is CC(C)(C)OC(=O)N[C@H]1C[C@@H]1c1cccc(CO)c1. The number of aliphatic hydroxyl groups is 1. The maximum absolute atomic E-state index is 11.6. The Morgan fingerprint density at radius 3 is 2.84 bits per heavy atom. The molecule has 19 heavy (non-hydrogen) atoms. The Morgan fingerprint density at radius 2 is 2.21 bits per heavy atom. The Kier molecular flexibility index (Phi) is 3.80. The summed E-state index contributed by atoms with van der Waals surface area (Å²) in [6.07, 6.45) is 0.562. The minimum Gasteiger partial charge on any atom is -0.444 e. The van der Waals surface area contributed by atoms with E-state index < -0.39 is 5.60 Å². The summed E-state index contributed by atoms with van der Waals surface area (Å²) in [5.41, 5.74) is 1.60. The van der Waals surface area contributed by atoms with Gasteiger partial charge in [0, 0.05) is 12.0 Å². The van der Waals surface area contributed by atoms with Crippen molar-refractivity contribution < 1.29 is 14.6 Å². The van der Waals surface area contributed by atoms with Gasteiger partial charge < -0.3 is 15.2 Å². The van der Waals surface area contributed by atoms with E-state index >= 15 is 0 Å². The van der Waals surface area contributed by atoms with E-state index in [0.29, 0.717) is 5.92 Å². The predicted molar refractivity (Wildman–Crippen MR) is 72.9 cm³/mol. The molecule has 2 rings (SSSR count). The third kappa shape index (κ3) is 3.96. The normalized spacial score (nSPS) is 21.9. The van der Waals surface area contributed by atoms with E-state index in [1.165, 1.54) is 0 Å². The second-order valence-electron chi connectivity index (χ2n) is 6.00. The van der Waals surface area contributed by atoms with E-state index in [-0.39, 0.29) is 18.7 Å². The first-order chi connectivity index (χ1) is 8.89. The van der Waals surface area contributed by atoms with Crippen LogP contribution in [0, 0.1) is 0 Å². The molecule has 0 spiro atoms. The lowest BCUT2D eigenvalue weighted by Gasteiger charge is -2.19. The van der Waals surface area contributed by atoms with Crippen LogP contribution in [-0.4, -0.2) is 22.8 Å². The van der Waals surface area contributed by atoms with Crippen LogP contribution in [-0.2, 0) is 11.3 Å². The number of alkyl carbamates (subject to hydrolysis) is 1. The van der Waals surface area contributed by atoms with Gasteiger partial charge in [-0.3, -0.25) is 0 Å². The smallest absolute Gasteiger partial charge is 0.407 e. The van der Waals surface area contributed by atoms with Gasteiger partial charge in [-0.1, -0.05) is 24.3 Å². The van der Waals surface area contributed by atoms with Crippen molar-refractivity contribution in [3.05, 3.63) is 35.4 Å². The summed E-state index contributed by atoms with van der Waals surface area (Å²) in [6.45, 7) is 5.59. The zero-order valence-corrected chi connectivity index (χ0v) is 11.6. The molecule has 1 aliphatic rings. The summed E-state index contributed by atoms with van der Waals surface area (Å²) in [5.74, 6) is 0.332. The van der Waals surface area contributed by atoms with Gasteiger partial charge in [-0.05, 0) is 38.3 Å². The Morgan fingerprint density at radius 1 is 1.47 bits per heavy atom. The number of nitrogens with one attached hydrogen (secondary N) is 1. The van der Waals surface area contributed by atoms with Crippen LogP contribution < -0.4 is 5.32 Å². The van der Waals surface area contributed by atoms with Crippen LogP contribution in [0.2, 0.25) is 0 Å². The number of carbonyl (C=O) groups is 1. The number of hydrogen-bond donors (Lipinski definition) is 2. The van der Waals surface area contributed by atoms with Gasteiger partial charge in [0.1, 0.15) is 5.60 Å². The molecule has 0 bridgehead atoms. The average Bonchev–Trinajstić information content (AvgIpc) is 3.05. The molecule has 0 saturated heterocycles. The highest BCUT2D eigenvalue weighted by molar-refractivity contribution is 5.69. The molecule has 104 valence electrons. The molecular weight excluding hydrogens is 242 g/mol. The number of benzene rings is 1. The fourth-order valence-corrected chi connectivity index (χ4v) is 2.10. The van der Waals surface area contributed by atoms with Gasteiger partial charge in [0.05, 0.1) is 6.61 Å². The van der Waals surface area contributed by atoms with E-state index in [0.717, 1.165) is 17.5 Å². The molecule has 0 radical (unpaired) electrons. The first-order valence-corrected chi connectivity index (χ1v) is 6.58. The van der Waals surface area contributed by atoms with Crippen LogP contribution in [0.15, 0.2) is 24.3 Å². The zero-order chi connectivity index (χ0) is 14.0. The fourth-order valence-electron chi connectivity index (χ4n) is 2.10. The van der Waals surface area contributed by atoms with Crippen LogP contribution in [0.3, 0.4) is 0 Å². The second-order valence-corrected chi connectivity index (χ2v) is 6.00. The van der Waals surface area contributed by atoms with Gasteiger partial charge >= 0.3 is 6.09 Å². The van der Waals surface area contributed by atoms with Crippen molar-refractivity contribution in [3.8, 4) is 0 Å². The molecule has 4 nitrogen and oxygen atoms in total. The summed E-state index contributed by atoms with van der Waals surface area (Å²) in [7, 11) is 0. The van der Waals surface area contributed by atoms with E-state index in [4.69, 9.17) is 9.84 Å². The molecule has 0 aromatic heterocycles. The molecule has 2 atom stereocenters. The average molecular weight is 263 g/mol. The van der Waals surface area contributed by atoms with Crippen molar-refractivity contribution in [3.63, 3.8) is 0 Å². The van der Waals surface area contributed by atoms with E-state index in [1.54, 1.807) is 0 Å². The molecule has 1 fully saturated rings. The lowest BCUT2D eigenvalue weighted by atomic mass is 10.1. The largest absolute Gasteiger partial charge is 0.444 e. The molecular formula is C15H21NO3. The molecule has 1 aromatic rings. The number of aliphatic hydroxyl groups excluding tert-OH is 1. The minimum atomic E-state index is -0.467. The third-order valence-electron chi connectivity index (χ3n) is 3.05. The van der Waals surface area contributed by atoms with E-state index in [9.17, 15) is 4.79 Å². The summed E-state index contributed by atoms with van der Waals surface area (Å²) in [6, 6.07) is 7.98. The van der Waals surface area contributed by atoms with Crippen LogP contribution in [0.4, 0.5) is 4.79 Å². The number of amides is 1. The molecule has 2 N–H and O–H groups in total. The van der Waals surface area contributed by atoms with Crippen LogP contribution in [0.25, 0.3) is 0 Å². The Labute approximate surface area is 113 Å². The molecule has 0 heterocycles. The van der Waals surface area contributed by atoms with Gasteiger partial charge in [0.15, 0.2) is 0 Å². The van der Waals surface area contributed by atoms with Crippen LogP contribution in [0.1, 0.15) is 44.2 Å². The number of hydrogen-bond acceptors (Lipinski definition) is 3. The number of carbonyl (C=O) groups excluding carboxylic acids is 1. The number of rotatable bonds is 3. The van der Waals surface area contributed by atoms with Crippen LogP contribution in [0.5, 0.6) is 0 Å². The first-order valence-electron chi connectivity index (χ1n) is 6.58. The van der Waals surface area contributed by atoms with Crippen molar-refractivity contribution in [2.24, 2.45) is 0 Å². The van der Waals surface area contributed by atoms with Crippen molar-refractivity contribution in [2.45, 2.75) is 51.4 Å². The van der Waals surface area contributed by atoms with Gasteiger partial charge in [0.25, 0.3) is 0 Å². The summed E-state index contributed by atoms with van der Waals surface area (Å²) < 4.78 is 5.23. The quantitative estimate of drug-likeness (QED) is 0.881. The van der Waals surface area contributed by atoms with E-state index in [2.05, 4.69) is 5.32 Å². The predicted octanol–water partition coefficient (Wildman–Crippen LogP) is 2.56. The molecule has 1 aliphatic carbocycles. The topological polar surface area (TPSA) is 58.6 Å². The second kappa shape index (κ2) is 5.21. The van der Waals surface area contributed by atoms with Gasteiger partial charge in [-0.2, -0.15) is 0 Å². The Bertz CT molecular complexity index is 465. The fraction of sp³-hybridized carbons (Fsp3) is 0.533. The highest BCUT2D eigenvalue weighted by Gasteiger charge is 2.40. The molecule has 0 unspecified atom stereocenters. The van der Waals surface area contributed by atoms with Gasteiger partial charge in [0.2, 0.25) is 0 Å². The van der Waals surface area contributed by atoms with Crippen molar-refractivity contribution in [1.29, 1.82) is 0 Å². The Hall–Kier alpha value is -1.55. The minimum absolute atomic E-state index is 0.0464. The highest BCUT2D eigenvalue weighted by Crippen LogP contribution is 2.41. The maximum atomic E-state index is 11.6. The van der Waals surface area contributed by atoms with Crippen molar-refractivity contribution in [2.75, 3.05) is 0 Å². The summed E-state index contributed by atoms with van der Waals surface area (Å²) in [4.78, 5) is 11.6. The number of ether oxygens (including phenoxy) is 1. The summed E-state index contributed by atoms with van der Waals surface area (Å²) >= 11 is 0. The molecule has 1 aromatic carbocycles. The molecule has 1 saturated carbocycles. The summed E-state index contributed by atoms with van der Waals surface area (Å²) in [5, 5.41) is 12.0. The monoisotopic (exact) mass is 263 g/mol. The maximum Gasteiger partial charge on any atom is 0.407 e. The molecule has 4 heteroatoms. The zero-order valence-electron chi connectivity index (χ0n) is 11.6.